The fraction of sp³-hybridized carbons (Fsp3) is 0.158. The highest BCUT2D eigenvalue weighted by molar-refractivity contribution is 7.13. The van der Waals surface area contributed by atoms with E-state index in [9.17, 15) is 0 Å². The molecule has 0 aliphatic carbocycles. The van der Waals surface area contributed by atoms with E-state index in [1.54, 1.807) is 36.6 Å². The summed E-state index contributed by atoms with van der Waals surface area (Å²) in [5.74, 6) is 1.90. The Bertz CT molecular complexity index is 873. The highest BCUT2D eigenvalue weighted by Crippen LogP contribution is 2.28. The number of rotatable bonds is 7. The van der Waals surface area contributed by atoms with Crippen LogP contribution in [0.3, 0.4) is 0 Å². The molecule has 0 unspecified atom stereocenters. The molecule has 0 spiro atoms. The maximum absolute atomic E-state index is 8.91. The molecule has 5 nitrogen and oxygen atoms in total. The molecule has 0 atom stereocenters. The summed E-state index contributed by atoms with van der Waals surface area (Å²) in [5, 5.41) is 8.91. The van der Waals surface area contributed by atoms with Crippen LogP contribution >= 0.6 is 11.3 Å². The maximum atomic E-state index is 8.91. The van der Waals surface area contributed by atoms with Crippen molar-refractivity contribution in [3.8, 4) is 33.8 Å². The van der Waals surface area contributed by atoms with Gasteiger partial charge in [-0.3, -0.25) is 4.98 Å². The van der Waals surface area contributed by atoms with Gasteiger partial charge in [0, 0.05) is 12.3 Å². The number of ether oxygens (including phenoxy) is 3. The fourth-order valence-electron chi connectivity index (χ4n) is 2.27. The van der Waals surface area contributed by atoms with E-state index in [4.69, 9.17) is 19.5 Å². The first-order valence-corrected chi connectivity index (χ1v) is 8.51. The van der Waals surface area contributed by atoms with Crippen molar-refractivity contribution in [3.05, 3.63) is 59.7 Å². The molecule has 3 rings (SSSR count). The first-order chi connectivity index (χ1) is 12.3. The first kappa shape index (κ1) is 16.8. The van der Waals surface area contributed by atoms with Crippen LogP contribution in [0.4, 0.5) is 0 Å². The highest BCUT2D eigenvalue weighted by Gasteiger charge is 2.06. The third-order valence-electron chi connectivity index (χ3n) is 3.45. The van der Waals surface area contributed by atoms with Crippen molar-refractivity contribution in [3.63, 3.8) is 0 Å². The minimum Gasteiger partial charge on any atom is -0.493 e. The van der Waals surface area contributed by atoms with Gasteiger partial charge < -0.3 is 14.2 Å². The normalized spacial score (nSPS) is 10.1. The monoisotopic (exact) mass is 352 g/mol. The van der Waals surface area contributed by atoms with Crippen molar-refractivity contribution >= 4 is 11.3 Å². The molecule has 0 bridgehead atoms. The van der Waals surface area contributed by atoms with Crippen molar-refractivity contribution in [1.29, 1.82) is 5.26 Å². The summed E-state index contributed by atoms with van der Waals surface area (Å²) in [4.78, 5) is 5.19. The van der Waals surface area contributed by atoms with Crippen molar-refractivity contribution in [2.75, 3.05) is 20.3 Å². The summed E-state index contributed by atoms with van der Waals surface area (Å²) in [6.07, 6.45) is 1.84. The van der Waals surface area contributed by atoms with Crippen LogP contribution in [0.5, 0.6) is 17.2 Å². The molecule has 126 valence electrons. The van der Waals surface area contributed by atoms with Gasteiger partial charge in [0.15, 0.2) is 11.5 Å². The molecule has 0 radical (unpaired) electrons. The van der Waals surface area contributed by atoms with Crippen LogP contribution in [0.25, 0.3) is 10.4 Å². The van der Waals surface area contributed by atoms with E-state index in [-0.39, 0.29) is 0 Å². The average Bonchev–Trinajstić information content (AvgIpc) is 3.20. The average molecular weight is 352 g/mol. The van der Waals surface area contributed by atoms with Crippen LogP contribution in [0.1, 0.15) is 5.56 Å². The van der Waals surface area contributed by atoms with Gasteiger partial charge in [-0.25, -0.2) is 0 Å². The predicted octanol–water partition coefficient (Wildman–Crippen LogP) is 4.15. The quantitative estimate of drug-likeness (QED) is 0.598. The first-order valence-electron chi connectivity index (χ1n) is 7.63. The molecule has 0 amide bonds. The predicted molar refractivity (Wildman–Crippen MR) is 96.2 cm³/mol. The number of methoxy groups -OCH3 is 1. The lowest BCUT2D eigenvalue weighted by atomic mass is 10.2. The number of benzene rings is 2. The Hall–Kier alpha value is -3.04. The molecule has 6 heteroatoms. The van der Waals surface area contributed by atoms with Crippen LogP contribution in [-0.2, 0) is 0 Å². The standard InChI is InChI=1S/C19H16N2O3S/c1-22-18-9-14(11-20)5-6-17(18)24-8-7-23-16-4-2-3-15(10-16)19-12-21-13-25-19/h2-6,9-10,12-13H,7-8H2,1H3. The number of hydrogen-bond donors (Lipinski definition) is 0. The summed E-state index contributed by atoms with van der Waals surface area (Å²) in [5.41, 5.74) is 3.41. The van der Waals surface area contributed by atoms with Gasteiger partial charge in [0.2, 0.25) is 0 Å². The number of hydrogen-bond acceptors (Lipinski definition) is 6. The molecule has 1 aromatic heterocycles. The second kappa shape index (κ2) is 8.18. The Morgan fingerprint density at radius 2 is 1.96 bits per heavy atom. The Morgan fingerprint density at radius 1 is 1.08 bits per heavy atom. The Morgan fingerprint density at radius 3 is 2.72 bits per heavy atom. The third kappa shape index (κ3) is 4.28. The molecule has 0 N–H and O–H groups in total. The van der Waals surface area contributed by atoms with Crippen LogP contribution in [0.2, 0.25) is 0 Å². The molecule has 1 heterocycles. The molecule has 0 fully saturated rings. The number of thiazole rings is 1. The molecular weight excluding hydrogens is 336 g/mol. The van der Waals surface area contributed by atoms with Crippen molar-refractivity contribution in [2.45, 2.75) is 0 Å². The Kier molecular flexibility index (Phi) is 5.50. The van der Waals surface area contributed by atoms with E-state index in [1.165, 1.54) is 0 Å². The maximum Gasteiger partial charge on any atom is 0.162 e. The van der Waals surface area contributed by atoms with Gasteiger partial charge in [-0.15, -0.1) is 11.3 Å². The van der Waals surface area contributed by atoms with Gasteiger partial charge >= 0.3 is 0 Å². The number of nitriles is 1. The zero-order valence-corrected chi connectivity index (χ0v) is 14.5. The van der Waals surface area contributed by atoms with E-state index < -0.39 is 0 Å². The van der Waals surface area contributed by atoms with E-state index in [1.807, 2.05) is 36.0 Å². The summed E-state index contributed by atoms with van der Waals surface area (Å²) in [6, 6.07) is 15.0. The Labute approximate surface area is 150 Å². The van der Waals surface area contributed by atoms with Gasteiger partial charge in [0.05, 0.1) is 29.1 Å². The Balaban J connectivity index is 1.56. The molecule has 0 saturated heterocycles. The van der Waals surface area contributed by atoms with Crippen molar-refractivity contribution in [2.24, 2.45) is 0 Å². The summed E-state index contributed by atoms with van der Waals surface area (Å²) < 4.78 is 16.7. The zero-order chi connectivity index (χ0) is 17.5. The minimum atomic E-state index is 0.368. The largest absolute Gasteiger partial charge is 0.493 e. The van der Waals surface area contributed by atoms with Gasteiger partial charge in [0.1, 0.15) is 19.0 Å². The number of nitrogens with zero attached hydrogens (tertiary/aromatic N) is 2. The summed E-state index contributed by atoms with van der Waals surface area (Å²) in [7, 11) is 1.55. The van der Waals surface area contributed by atoms with E-state index in [0.29, 0.717) is 30.3 Å². The van der Waals surface area contributed by atoms with Crippen LogP contribution < -0.4 is 14.2 Å². The lowest BCUT2D eigenvalue weighted by molar-refractivity contribution is 0.211. The van der Waals surface area contributed by atoms with Crippen LogP contribution in [-0.4, -0.2) is 25.3 Å². The van der Waals surface area contributed by atoms with Gasteiger partial charge in [-0.05, 0) is 29.8 Å². The van der Waals surface area contributed by atoms with Crippen LogP contribution in [0, 0.1) is 11.3 Å². The summed E-state index contributed by atoms with van der Waals surface area (Å²) in [6.45, 7) is 0.766. The third-order valence-corrected chi connectivity index (χ3v) is 4.28. The molecule has 3 aromatic rings. The molecule has 0 aliphatic heterocycles. The van der Waals surface area contributed by atoms with Gasteiger partial charge in [0.25, 0.3) is 0 Å². The molecule has 0 aliphatic rings. The second-order valence-electron chi connectivity index (χ2n) is 5.07. The lowest BCUT2D eigenvalue weighted by Gasteiger charge is -2.12. The summed E-state index contributed by atoms with van der Waals surface area (Å²) >= 11 is 1.59. The SMILES string of the molecule is COc1cc(C#N)ccc1OCCOc1cccc(-c2cncs2)c1. The van der Waals surface area contributed by atoms with Crippen molar-refractivity contribution < 1.29 is 14.2 Å². The van der Waals surface area contributed by atoms with E-state index in [2.05, 4.69) is 11.1 Å². The topological polar surface area (TPSA) is 64.4 Å². The van der Waals surface area contributed by atoms with E-state index in [0.717, 1.165) is 16.2 Å². The molecule has 0 saturated carbocycles. The molecular formula is C19H16N2O3S. The molecule has 2 aromatic carbocycles. The smallest absolute Gasteiger partial charge is 0.162 e. The highest BCUT2D eigenvalue weighted by atomic mass is 32.1. The fourth-order valence-corrected chi connectivity index (χ4v) is 2.89. The number of aromatic nitrogens is 1. The second-order valence-corrected chi connectivity index (χ2v) is 5.95. The van der Waals surface area contributed by atoms with Crippen molar-refractivity contribution in [1.82, 2.24) is 4.98 Å². The zero-order valence-electron chi connectivity index (χ0n) is 13.6. The van der Waals surface area contributed by atoms with Gasteiger partial charge in [-0.1, -0.05) is 12.1 Å². The molecule has 25 heavy (non-hydrogen) atoms. The van der Waals surface area contributed by atoms with E-state index >= 15 is 0 Å². The minimum absolute atomic E-state index is 0.368. The van der Waals surface area contributed by atoms with Crippen LogP contribution in [0.15, 0.2) is 54.2 Å². The van der Waals surface area contributed by atoms with Gasteiger partial charge in [-0.2, -0.15) is 5.26 Å². The lowest BCUT2D eigenvalue weighted by Crippen LogP contribution is -2.09.